The van der Waals surface area contributed by atoms with Gasteiger partial charge in [0.25, 0.3) is 0 Å². The van der Waals surface area contributed by atoms with Crippen molar-refractivity contribution < 1.29 is 22.3 Å². The largest absolute Gasteiger partial charge is 0.494 e. The second-order valence-corrected chi connectivity index (χ2v) is 9.76. The normalized spacial score (nSPS) is 24.9. The highest BCUT2D eigenvalue weighted by Crippen LogP contribution is 2.40. The number of hydrogen-bond acceptors (Lipinski definition) is 1. The van der Waals surface area contributed by atoms with Gasteiger partial charge in [-0.3, -0.25) is 0 Å². The van der Waals surface area contributed by atoms with Crippen molar-refractivity contribution in [3.05, 3.63) is 64.2 Å². The lowest BCUT2D eigenvalue weighted by Crippen LogP contribution is -2.15. The van der Waals surface area contributed by atoms with Crippen LogP contribution in [0.2, 0.25) is 0 Å². The van der Waals surface area contributed by atoms with E-state index in [1.807, 2.05) is 0 Å². The van der Waals surface area contributed by atoms with Gasteiger partial charge in [-0.25, -0.2) is 13.2 Å². The van der Waals surface area contributed by atoms with E-state index in [-0.39, 0.29) is 29.1 Å². The summed E-state index contributed by atoms with van der Waals surface area (Å²) in [5.74, 6) is 3.13. The molecule has 0 heterocycles. The number of rotatable bonds is 4. The highest BCUT2D eigenvalue weighted by atomic mass is 19.2. The van der Waals surface area contributed by atoms with Crippen LogP contribution in [0, 0.1) is 46.9 Å². The lowest BCUT2D eigenvalue weighted by molar-refractivity contribution is 0.312. The molecule has 1 nitrogen and oxygen atoms in total. The second kappa shape index (κ2) is 10.8. The number of methoxy groups -OCH3 is 1. The Balaban J connectivity index is 1.40. The molecule has 0 spiro atoms. The molecule has 0 aromatic heterocycles. The van der Waals surface area contributed by atoms with Gasteiger partial charge in [0.2, 0.25) is 5.82 Å². The quantitative estimate of drug-likeness (QED) is 0.321. The van der Waals surface area contributed by atoms with E-state index >= 15 is 0 Å². The third kappa shape index (κ3) is 5.11. The second-order valence-electron chi connectivity index (χ2n) is 9.76. The Kier molecular flexibility index (Phi) is 7.86. The lowest BCUT2D eigenvalue weighted by Gasteiger charge is -2.28. The Bertz CT molecular complexity index is 1070. The van der Waals surface area contributed by atoms with Gasteiger partial charge < -0.3 is 4.74 Å². The highest BCUT2D eigenvalue weighted by Gasteiger charge is 2.27. The van der Waals surface area contributed by atoms with Crippen LogP contribution in [-0.4, -0.2) is 7.11 Å². The molecule has 0 amide bonds. The first-order valence-corrected chi connectivity index (χ1v) is 12.4. The van der Waals surface area contributed by atoms with Crippen LogP contribution >= 0.6 is 0 Å². The minimum atomic E-state index is -0.957. The Morgan fingerprint density at radius 3 is 1.88 bits per heavy atom. The van der Waals surface area contributed by atoms with Crippen LogP contribution in [-0.2, 0) is 0 Å². The van der Waals surface area contributed by atoms with Gasteiger partial charge >= 0.3 is 0 Å². The van der Waals surface area contributed by atoms with E-state index in [2.05, 4.69) is 18.8 Å². The van der Waals surface area contributed by atoms with E-state index in [9.17, 15) is 17.6 Å². The van der Waals surface area contributed by atoms with Gasteiger partial charge in [-0.05, 0) is 92.4 Å². The zero-order valence-corrected chi connectivity index (χ0v) is 19.9. The first-order valence-electron chi connectivity index (χ1n) is 12.4. The van der Waals surface area contributed by atoms with E-state index in [0.29, 0.717) is 42.7 Å². The Labute approximate surface area is 199 Å². The Morgan fingerprint density at radius 2 is 1.29 bits per heavy atom. The smallest absolute Gasteiger partial charge is 0.200 e. The number of hydrogen-bond donors (Lipinski definition) is 0. The summed E-state index contributed by atoms with van der Waals surface area (Å²) in [6, 6.07) is 6.35. The molecule has 182 valence electrons. The zero-order chi connectivity index (χ0) is 24.2. The topological polar surface area (TPSA) is 9.23 Å². The molecule has 2 aliphatic rings. The fourth-order valence-corrected chi connectivity index (χ4v) is 5.61. The summed E-state index contributed by atoms with van der Waals surface area (Å²) in [5, 5.41) is 0. The van der Waals surface area contributed by atoms with E-state index in [1.165, 1.54) is 13.2 Å². The molecule has 2 aromatic carbocycles. The average molecular weight is 473 g/mol. The summed E-state index contributed by atoms with van der Waals surface area (Å²) in [6.07, 6.45) is 7.83. The molecule has 2 fully saturated rings. The molecule has 34 heavy (non-hydrogen) atoms. The van der Waals surface area contributed by atoms with E-state index in [1.54, 1.807) is 18.2 Å². The zero-order valence-electron chi connectivity index (χ0n) is 19.9. The third-order valence-corrected chi connectivity index (χ3v) is 7.85. The lowest BCUT2D eigenvalue weighted by atomic mass is 9.77. The van der Waals surface area contributed by atoms with Crippen molar-refractivity contribution in [2.24, 2.45) is 11.8 Å². The maximum absolute atomic E-state index is 14.8. The van der Waals surface area contributed by atoms with Gasteiger partial charge in [-0.2, -0.15) is 4.39 Å². The van der Waals surface area contributed by atoms with Crippen molar-refractivity contribution >= 4 is 0 Å². The van der Waals surface area contributed by atoms with Gasteiger partial charge in [0.05, 0.1) is 12.7 Å². The van der Waals surface area contributed by atoms with Crippen LogP contribution in [0.3, 0.4) is 0 Å². The molecular weight excluding hydrogens is 440 g/mol. The molecule has 0 atom stereocenters. The molecule has 0 unspecified atom stereocenters. The molecule has 4 rings (SSSR count). The molecule has 2 aromatic rings. The van der Waals surface area contributed by atoms with Crippen molar-refractivity contribution in [2.75, 3.05) is 7.11 Å². The van der Waals surface area contributed by atoms with Crippen molar-refractivity contribution in [1.82, 2.24) is 0 Å². The fraction of sp³-hybridized carbons (Fsp3) is 0.517. The summed E-state index contributed by atoms with van der Waals surface area (Å²) in [6.45, 7) is 2.18. The maximum Gasteiger partial charge on any atom is 0.200 e. The summed E-state index contributed by atoms with van der Waals surface area (Å²) >= 11 is 0. The van der Waals surface area contributed by atoms with Gasteiger partial charge in [-0.1, -0.05) is 37.3 Å². The first kappa shape index (κ1) is 24.6. The number of benzene rings is 2. The summed E-state index contributed by atoms with van der Waals surface area (Å²) in [7, 11) is 1.31. The van der Waals surface area contributed by atoms with Crippen LogP contribution < -0.4 is 4.74 Å². The van der Waals surface area contributed by atoms with E-state index in [0.717, 1.165) is 32.1 Å². The van der Waals surface area contributed by atoms with Crippen molar-refractivity contribution in [3.63, 3.8) is 0 Å². The van der Waals surface area contributed by atoms with Crippen LogP contribution in [0.4, 0.5) is 17.6 Å². The van der Waals surface area contributed by atoms with Crippen LogP contribution in [0.15, 0.2) is 24.3 Å². The van der Waals surface area contributed by atoms with Gasteiger partial charge in [0.1, 0.15) is 0 Å². The summed E-state index contributed by atoms with van der Waals surface area (Å²) < 4.78 is 62.9. The van der Waals surface area contributed by atoms with Gasteiger partial charge in [0, 0.05) is 5.92 Å². The van der Waals surface area contributed by atoms with Gasteiger partial charge in [-0.15, -0.1) is 0 Å². The molecule has 5 heteroatoms. The number of ether oxygens (including phenoxy) is 1. The number of halogens is 4. The minimum absolute atomic E-state index is 0.0221. The van der Waals surface area contributed by atoms with Crippen LogP contribution in [0.1, 0.15) is 93.2 Å². The summed E-state index contributed by atoms with van der Waals surface area (Å²) in [5.41, 5.74) is 0.933. The first-order chi connectivity index (χ1) is 16.4. The minimum Gasteiger partial charge on any atom is -0.494 e. The molecule has 2 saturated carbocycles. The molecule has 2 aliphatic carbocycles. The maximum atomic E-state index is 14.8. The predicted octanol–water partition coefficient (Wildman–Crippen LogP) is 8.26. The van der Waals surface area contributed by atoms with E-state index < -0.39 is 23.3 Å². The standard InChI is InChI=1S/C29H32F4O/c1-3-18-4-9-20(10-5-18)23-15-14-22(26(30)27(23)31)13-8-19-6-11-21(12-7-19)24-16-17-25(34-2)29(33)28(24)32/h14-21H,3-7,9-12H2,1-2H3. The fourth-order valence-electron chi connectivity index (χ4n) is 5.61. The third-order valence-electron chi connectivity index (χ3n) is 7.85. The Hall–Kier alpha value is -2.48. The molecule has 0 bridgehead atoms. The SMILES string of the molecule is CCC1CCC(c2ccc(C#CC3CCC(c4ccc(OC)c(F)c4F)CC3)c(F)c2F)CC1. The summed E-state index contributed by atoms with van der Waals surface area (Å²) in [4.78, 5) is 0. The monoisotopic (exact) mass is 472 g/mol. The van der Waals surface area contributed by atoms with Crippen LogP contribution in [0.25, 0.3) is 0 Å². The van der Waals surface area contributed by atoms with Crippen molar-refractivity contribution in [1.29, 1.82) is 0 Å². The van der Waals surface area contributed by atoms with Gasteiger partial charge in [0.15, 0.2) is 23.2 Å². The molecule has 0 saturated heterocycles. The Morgan fingerprint density at radius 1 is 0.735 bits per heavy atom. The van der Waals surface area contributed by atoms with Crippen molar-refractivity contribution in [3.8, 4) is 17.6 Å². The van der Waals surface area contributed by atoms with E-state index in [4.69, 9.17) is 4.74 Å². The molecule has 0 aliphatic heterocycles. The van der Waals surface area contributed by atoms with Crippen molar-refractivity contribution in [2.45, 2.75) is 76.5 Å². The predicted molar refractivity (Wildman–Crippen MR) is 126 cm³/mol. The molecule has 0 radical (unpaired) electrons. The average Bonchev–Trinajstić information content (AvgIpc) is 2.87. The molecular formula is C29H32F4O. The highest BCUT2D eigenvalue weighted by molar-refractivity contribution is 5.40. The molecule has 0 N–H and O–H groups in total. The van der Waals surface area contributed by atoms with Crippen LogP contribution in [0.5, 0.6) is 5.75 Å².